The summed E-state index contributed by atoms with van der Waals surface area (Å²) in [4.78, 5) is 0. The predicted molar refractivity (Wildman–Crippen MR) is 78.8 cm³/mol. The Morgan fingerprint density at radius 3 is 2.84 bits per heavy atom. The zero-order valence-electron chi connectivity index (χ0n) is 11.8. The molecule has 0 bridgehead atoms. The Morgan fingerprint density at radius 1 is 1.05 bits per heavy atom. The van der Waals surface area contributed by atoms with E-state index < -0.39 is 0 Å². The molecule has 0 aromatic heterocycles. The first kappa shape index (κ1) is 13.0. The second kappa shape index (κ2) is 6.42. The summed E-state index contributed by atoms with van der Waals surface area (Å²) in [5, 5.41) is 3.55. The highest BCUT2D eigenvalue weighted by molar-refractivity contribution is 5.38. The molecule has 0 unspecified atom stereocenters. The number of hydrogen-bond acceptors (Lipinski definition) is 2. The number of unbranched alkanes of at least 4 members (excludes halogenated alkanes) is 2. The van der Waals surface area contributed by atoms with Crippen molar-refractivity contribution in [2.75, 3.05) is 13.2 Å². The summed E-state index contributed by atoms with van der Waals surface area (Å²) in [7, 11) is 0. The molecule has 1 saturated carbocycles. The zero-order valence-corrected chi connectivity index (χ0v) is 11.8. The number of aryl methyl sites for hydroxylation is 2. The fraction of sp³-hybridized carbons (Fsp3) is 0.647. The molecule has 0 spiro atoms. The van der Waals surface area contributed by atoms with E-state index in [4.69, 9.17) is 4.74 Å². The van der Waals surface area contributed by atoms with Gasteiger partial charge in [0.05, 0.1) is 6.61 Å². The molecule has 0 saturated heterocycles. The van der Waals surface area contributed by atoms with Gasteiger partial charge in [0.15, 0.2) is 0 Å². The molecule has 2 heteroatoms. The highest BCUT2D eigenvalue weighted by atomic mass is 16.5. The van der Waals surface area contributed by atoms with Crippen molar-refractivity contribution < 1.29 is 4.74 Å². The minimum Gasteiger partial charge on any atom is -0.494 e. The van der Waals surface area contributed by atoms with Crippen molar-refractivity contribution in [1.82, 2.24) is 5.32 Å². The van der Waals surface area contributed by atoms with Crippen molar-refractivity contribution in [3.8, 4) is 5.75 Å². The Hall–Kier alpha value is -1.02. The molecule has 1 fully saturated rings. The van der Waals surface area contributed by atoms with E-state index >= 15 is 0 Å². The zero-order chi connectivity index (χ0) is 12.9. The summed E-state index contributed by atoms with van der Waals surface area (Å²) in [5.41, 5.74) is 3.03. The normalized spacial score (nSPS) is 17.5. The highest BCUT2D eigenvalue weighted by Gasteiger charge is 2.19. The standard InChI is InChI=1S/C17H25NO/c1(2-11-18-16-8-9-16)3-12-19-17-10-7-14-5-4-6-15(14)13-17/h7,10,13,16,18H,1-6,8-9,11-12H2. The van der Waals surface area contributed by atoms with Gasteiger partial charge in [-0.05, 0) is 81.2 Å². The molecule has 3 rings (SSSR count). The summed E-state index contributed by atoms with van der Waals surface area (Å²) >= 11 is 0. The fourth-order valence-corrected chi connectivity index (χ4v) is 2.83. The van der Waals surface area contributed by atoms with Crippen LogP contribution < -0.4 is 10.1 Å². The van der Waals surface area contributed by atoms with Crippen molar-refractivity contribution in [2.45, 2.75) is 57.4 Å². The second-order valence-electron chi connectivity index (χ2n) is 5.92. The molecule has 2 nitrogen and oxygen atoms in total. The molecule has 104 valence electrons. The fourth-order valence-electron chi connectivity index (χ4n) is 2.83. The quantitative estimate of drug-likeness (QED) is 0.722. The summed E-state index contributed by atoms with van der Waals surface area (Å²) in [6, 6.07) is 7.48. The van der Waals surface area contributed by atoms with E-state index in [1.807, 2.05) is 0 Å². The average Bonchev–Trinajstić information content (AvgIpc) is 3.13. The molecule has 1 aromatic rings. The van der Waals surface area contributed by atoms with Gasteiger partial charge in [-0.25, -0.2) is 0 Å². The Morgan fingerprint density at radius 2 is 1.95 bits per heavy atom. The van der Waals surface area contributed by atoms with Crippen LogP contribution in [-0.2, 0) is 12.8 Å². The van der Waals surface area contributed by atoms with E-state index in [2.05, 4.69) is 23.5 Å². The lowest BCUT2D eigenvalue weighted by atomic mass is 10.1. The van der Waals surface area contributed by atoms with Crippen LogP contribution in [0, 0.1) is 0 Å². The van der Waals surface area contributed by atoms with Crippen LogP contribution in [-0.4, -0.2) is 19.2 Å². The Bertz CT molecular complexity index is 412. The molecule has 0 atom stereocenters. The molecular formula is C17H25NO. The van der Waals surface area contributed by atoms with Crippen LogP contribution in [0.3, 0.4) is 0 Å². The van der Waals surface area contributed by atoms with Crippen LogP contribution in [0.15, 0.2) is 18.2 Å². The van der Waals surface area contributed by atoms with Gasteiger partial charge in [-0.15, -0.1) is 0 Å². The first-order chi connectivity index (χ1) is 9.42. The highest BCUT2D eigenvalue weighted by Crippen LogP contribution is 2.26. The molecule has 19 heavy (non-hydrogen) atoms. The molecule has 2 aliphatic carbocycles. The SMILES string of the molecule is c1cc2c(cc1OCCCCCNC1CC1)CCC2. The minimum atomic E-state index is 0.850. The number of rotatable bonds is 8. The average molecular weight is 259 g/mol. The van der Waals surface area contributed by atoms with Gasteiger partial charge in [0, 0.05) is 6.04 Å². The molecule has 0 aliphatic heterocycles. The smallest absolute Gasteiger partial charge is 0.119 e. The lowest BCUT2D eigenvalue weighted by Crippen LogP contribution is -2.17. The van der Waals surface area contributed by atoms with Crippen molar-refractivity contribution in [1.29, 1.82) is 0 Å². The molecule has 2 aliphatic rings. The summed E-state index contributed by atoms with van der Waals surface area (Å²) in [5.74, 6) is 1.07. The van der Waals surface area contributed by atoms with Crippen molar-refractivity contribution >= 4 is 0 Å². The van der Waals surface area contributed by atoms with Crippen LogP contribution >= 0.6 is 0 Å². The Kier molecular flexibility index (Phi) is 4.39. The third-order valence-electron chi connectivity index (χ3n) is 4.17. The van der Waals surface area contributed by atoms with Gasteiger partial charge in [-0.2, -0.15) is 0 Å². The van der Waals surface area contributed by atoms with Crippen molar-refractivity contribution in [2.24, 2.45) is 0 Å². The number of fused-ring (bicyclic) bond motifs is 1. The summed E-state index contributed by atoms with van der Waals surface area (Å²) < 4.78 is 5.85. The number of ether oxygens (including phenoxy) is 1. The van der Waals surface area contributed by atoms with Gasteiger partial charge in [-0.3, -0.25) is 0 Å². The van der Waals surface area contributed by atoms with Crippen LogP contribution in [0.4, 0.5) is 0 Å². The van der Waals surface area contributed by atoms with Gasteiger partial charge in [0.25, 0.3) is 0 Å². The van der Waals surface area contributed by atoms with E-state index in [1.165, 1.54) is 69.0 Å². The lowest BCUT2D eigenvalue weighted by Gasteiger charge is -2.08. The largest absolute Gasteiger partial charge is 0.494 e. The molecular weight excluding hydrogens is 234 g/mol. The lowest BCUT2D eigenvalue weighted by molar-refractivity contribution is 0.304. The van der Waals surface area contributed by atoms with E-state index in [1.54, 1.807) is 0 Å². The summed E-state index contributed by atoms with van der Waals surface area (Å²) in [6.07, 6.45) is 10.3. The maximum Gasteiger partial charge on any atom is 0.119 e. The van der Waals surface area contributed by atoms with Gasteiger partial charge in [-0.1, -0.05) is 6.07 Å². The van der Waals surface area contributed by atoms with Gasteiger partial charge in [0.2, 0.25) is 0 Å². The monoisotopic (exact) mass is 259 g/mol. The molecule has 0 heterocycles. The molecule has 0 amide bonds. The molecule has 0 radical (unpaired) electrons. The Labute approximate surface area is 116 Å². The maximum absolute atomic E-state index is 5.85. The van der Waals surface area contributed by atoms with Crippen LogP contribution in [0.5, 0.6) is 5.75 Å². The van der Waals surface area contributed by atoms with Crippen LogP contribution in [0.25, 0.3) is 0 Å². The van der Waals surface area contributed by atoms with E-state index in [-0.39, 0.29) is 0 Å². The van der Waals surface area contributed by atoms with E-state index in [0.717, 1.165) is 18.4 Å². The molecule has 1 aromatic carbocycles. The van der Waals surface area contributed by atoms with Crippen LogP contribution in [0.1, 0.15) is 49.7 Å². The molecule has 1 N–H and O–H groups in total. The topological polar surface area (TPSA) is 21.3 Å². The number of nitrogens with one attached hydrogen (secondary N) is 1. The van der Waals surface area contributed by atoms with Gasteiger partial charge in [0.1, 0.15) is 5.75 Å². The third kappa shape index (κ3) is 3.97. The maximum atomic E-state index is 5.85. The van der Waals surface area contributed by atoms with Crippen LogP contribution in [0.2, 0.25) is 0 Å². The first-order valence-corrected chi connectivity index (χ1v) is 7.90. The van der Waals surface area contributed by atoms with E-state index in [9.17, 15) is 0 Å². The Balaban J connectivity index is 1.29. The first-order valence-electron chi connectivity index (χ1n) is 7.90. The second-order valence-corrected chi connectivity index (χ2v) is 5.92. The number of hydrogen-bond donors (Lipinski definition) is 1. The van der Waals surface area contributed by atoms with Crippen molar-refractivity contribution in [3.05, 3.63) is 29.3 Å². The minimum absolute atomic E-state index is 0.850. The van der Waals surface area contributed by atoms with Gasteiger partial charge < -0.3 is 10.1 Å². The number of benzene rings is 1. The predicted octanol–water partition coefficient (Wildman–Crippen LogP) is 3.48. The van der Waals surface area contributed by atoms with Gasteiger partial charge >= 0.3 is 0 Å². The summed E-state index contributed by atoms with van der Waals surface area (Å²) in [6.45, 7) is 2.05. The van der Waals surface area contributed by atoms with E-state index in [0.29, 0.717) is 0 Å². The van der Waals surface area contributed by atoms with Crippen molar-refractivity contribution in [3.63, 3.8) is 0 Å². The third-order valence-corrected chi connectivity index (χ3v) is 4.17.